The Hall–Kier alpha value is -1.40. The first-order valence-corrected chi connectivity index (χ1v) is 6.82. The average Bonchev–Trinajstić information content (AvgIpc) is 2.85. The Morgan fingerprint density at radius 2 is 2.00 bits per heavy atom. The highest BCUT2D eigenvalue weighted by atomic mass is 16.5. The van der Waals surface area contributed by atoms with Crippen LogP contribution in [-0.4, -0.2) is 43.7 Å². The Bertz CT molecular complexity index is 477. The van der Waals surface area contributed by atoms with Gasteiger partial charge in [0.2, 0.25) is 0 Å². The van der Waals surface area contributed by atoms with Crippen molar-refractivity contribution in [1.29, 1.82) is 0 Å². The summed E-state index contributed by atoms with van der Waals surface area (Å²) in [4.78, 5) is 18.7. The molecule has 1 aromatic rings. The third-order valence-corrected chi connectivity index (χ3v) is 3.52. The Kier molecular flexibility index (Phi) is 3.91. The fourth-order valence-corrected chi connectivity index (χ4v) is 2.57. The smallest absolute Gasteiger partial charge is 0.289 e. The fourth-order valence-electron chi connectivity index (χ4n) is 2.57. The van der Waals surface area contributed by atoms with Gasteiger partial charge in [0.05, 0.1) is 24.5 Å². The highest BCUT2D eigenvalue weighted by molar-refractivity contribution is 5.91. The monoisotopic (exact) mass is 266 g/mol. The zero-order chi connectivity index (χ0) is 14.2. The summed E-state index contributed by atoms with van der Waals surface area (Å²) in [6, 6.07) is 0.150. The van der Waals surface area contributed by atoms with Gasteiger partial charge in [0.1, 0.15) is 0 Å². The molecule has 19 heavy (non-hydrogen) atoms. The number of amides is 1. The molecule has 0 aliphatic carbocycles. The van der Waals surface area contributed by atoms with E-state index >= 15 is 0 Å². The average molecular weight is 266 g/mol. The van der Waals surface area contributed by atoms with Gasteiger partial charge in [-0.3, -0.25) is 4.79 Å². The van der Waals surface area contributed by atoms with E-state index in [-0.39, 0.29) is 11.9 Å². The molecule has 1 aromatic heterocycles. The van der Waals surface area contributed by atoms with E-state index in [0.717, 1.165) is 11.4 Å². The number of imidazole rings is 1. The van der Waals surface area contributed by atoms with Crippen molar-refractivity contribution in [1.82, 2.24) is 19.5 Å². The van der Waals surface area contributed by atoms with Crippen molar-refractivity contribution in [2.75, 3.05) is 13.1 Å². The van der Waals surface area contributed by atoms with Crippen LogP contribution in [0.4, 0.5) is 0 Å². The van der Waals surface area contributed by atoms with Gasteiger partial charge >= 0.3 is 0 Å². The molecule has 1 amide bonds. The number of hydrogen-bond acceptors (Lipinski definition) is 4. The third kappa shape index (κ3) is 2.37. The minimum atomic E-state index is -0.0300. The molecular weight excluding hydrogens is 244 g/mol. The number of rotatable bonds is 4. The van der Waals surface area contributed by atoms with E-state index in [2.05, 4.69) is 4.98 Å². The third-order valence-electron chi connectivity index (χ3n) is 3.52. The van der Waals surface area contributed by atoms with Crippen LogP contribution < -0.4 is 0 Å². The van der Waals surface area contributed by atoms with E-state index in [1.807, 2.05) is 32.3 Å². The van der Waals surface area contributed by atoms with Gasteiger partial charge in [-0.05, 0) is 27.7 Å². The summed E-state index contributed by atoms with van der Waals surface area (Å²) in [5.74, 6) is 0.467. The lowest BCUT2D eigenvalue weighted by molar-refractivity contribution is -0.0987. The van der Waals surface area contributed by atoms with Crippen LogP contribution in [0.15, 0.2) is 0 Å². The topological polar surface area (TPSA) is 61.6 Å². The minimum absolute atomic E-state index is 0.0300. The molecule has 0 saturated heterocycles. The van der Waals surface area contributed by atoms with Crippen LogP contribution in [-0.2, 0) is 13.1 Å². The lowest BCUT2D eigenvalue weighted by Gasteiger charge is -2.21. The van der Waals surface area contributed by atoms with E-state index in [9.17, 15) is 10.0 Å². The molecule has 106 valence electrons. The molecule has 6 nitrogen and oxygen atoms in total. The normalized spacial score (nSPS) is 15.1. The number of aromatic nitrogens is 2. The maximum absolute atomic E-state index is 12.5. The lowest BCUT2D eigenvalue weighted by atomic mass is 10.3. The second kappa shape index (κ2) is 5.30. The molecule has 0 spiro atoms. The molecule has 0 aromatic carbocycles. The van der Waals surface area contributed by atoms with Crippen molar-refractivity contribution >= 4 is 5.91 Å². The molecule has 2 rings (SSSR count). The highest BCUT2D eigenvalue weighted by Crippen LogP contribution is 2.26. The zero-order valence-electron chi connectivity index (χ0n) is 12.1. The van der Waals surface area contributed by atoms with Crippen molar-refractivity contribution in [3.8, 4) is 0 Å². The second-order valence-corrected chi connectivity index (χ2v) is 5.09. The number of fused-ring (bicyclic) bond motifs is 1. The first-order chi connectivity index (χ1) is 8.99. The van der Waals surface area contributed by atoms with E-state index in [0.29, 0.717) is 32.0 Å². The summed E-state index contributed by atoms with van der Waals surface area (Å²) in [5.41, 5.74) is 1.76. The highest BCUT2D eigenvalue weighted by Gasteiger charge is 2.30. The summed E-state index contributed by atoms with van der Waals surface area (Å²) in [6.07, 6.45) is 0. The summed E-state index contributed by atoms with van der Waals surface area (Å²) < 4.78 is 1.95. The molecule has 0 fully saturated rings. The summed E-state index contributed by atoms with van der Waals surface area (Å²) >= 11 is 0. The van der Waals surface area contributed by atoms with Gasteiger partial charge in [-0.1, -0.05) is 0 Å². The van der Waals surface area contributed by atoms with Gasteiger partial charge in [-0.25, -0.2) is 4.98 Å². The van der Waals surface area contributed by atoms with E-state index < -0.39 is 0 Å². The molecular formula is C13H22N4O2. The van der Waals surface area contributed by atoms with Crippen LogP contribution in [0, 0.1) is 0 Å². The molecule has 1 aliphatic heterocycles. The molecule has 0 bridgehead atoms. The van der Waals surface area contributed by atoms with Crippen LogP contribution in [0.2, 0.25) is 0 Å². The zero-order valence-corrected chi connectivity index (χ0v) is 12.1. The maximum atomic E-state index is 12.5. The number of carbonyl (C=O) groups is 1. The van der Waals surface area contributed by atoms with Crippen molar-refractivity contribution in [3.63, 3.8) is 0 Å². The first kappa shape index (κ1) is 14.0. The quantitative estimate of drug-likeness (QED) is 0.900. The van der Waals surface area contributed by atoms with E-state index in [4.69, 9.17) is 0 Å². The Labute approximate surface area is 113 Å². The number of nitrogens with zero attached hydrogens (tertiary/aromatic N) is 4. The lowest BCUT2D eigenvalue weighted by Crippen LogP contribution is -2.33. The fraction of sp³-hybridized carbons (Fsp3) is 0.692. The number of carbonyl (C=O) groups excluding carboxylic acids is 1. The second-order valence-electron chi connectivity index (χ2n) is 5.09. The van der Waals surface area contributed by atoms with E-state index in [1.54, 1.807) is 4.90 Å². The molecule has 1 N–H and O–H groups in total. The van der Waals surface area contributed by atoms with Crippen molar-refractivity contribution < 1.29 is 10.0 Å². The molecule has 0 radical (unpaired) electrons. The maximum Gasteiger partial charge on any atom is 0.289 e. The Morgan fingerprint density at radius 1 is 1.37 bits per heavy atom. The predicted molar refractivity (Wildman–Crippen MR) is 70.9 cm³/mol. The summed E-state index contributed by atoms with van der Waals surface area (Å²) in [5, 5.41) is 10.8. The van der Waals surface area contributed by atoms with Crippen LogP contribution in [0.5, 0.6) is 0 Å². The van der Waals surface area contributed by atoms with Crippen molar-refractivity contribution in [2.45, 2.75) is 46.8 Å². The molecule has 0 unspecified atom stereocenters. The van der Waals surface area contributed by atoms with E-state index in [1.165, 1.54) is 5.06 Å². The van der Waals surface area contributed by atoms with Crippen LogP contribution in [0.25, 0.3) is 0 Å². The summed E-state index contributed by atoms with van der Waals surface area (Å²) in [6.45, 7) is 10.2. The van der Waals surface area contributed by atoms with Gasteiger partial charge in [0.25, 0.3) is 5.91 Å². The molecule has 6 heteroatoms. The van der Waals surface area contributed by atoms with Crippen LogP contribution >= 0.6 is 0 Å². The predicted octanol–water partition coefficient (Wildman–Crippen LogP) is 1.65. The number of hydroxylamine groups is 2. The van der Waals surface area contributed by atoms with Crippen molar-refractivity contribution in [2.24, 2.45) is 0 Å². The van der Waals surface area contributed by atoms with Gasteiger partial charge in [-0.15, -0.1) is 0 Å². The van der Waals surface area contributed by atoms with Gasteiger partial charge in [0, 0.05) is 19.1 Å². The van der Waals surface area contributed by atoms with Crippen LogP contribution in [0.3, 0.4) is 0 Å². The Balaban J connectivity index is 2.42. The summed E-state index contributed by atoms with van der Waals surface area (Å²) in [7, 11) is 0. The minimum Gasteiger partial charge on any atom is -0.337 e. The Morgan fingerprint density at radius 3 is 2.53 bits per heavy atom. The van der Waals surface area contributed by atoms with Crippen molar-refractivity contribution in [3.05, 3.63) is 17.2 Å². The van der Waals surface area contributed by atoms with Gasteiger partial charge in [-0.2, -0.15) is 5.06 Å². The largest absolute Gasteiger partial charge is 0.337 e. The SMILES string of the molecule is CCN(CC)C(=O)c1nc2c(n1C(C)C)CN(O)C2. The molecule has 0 saturated carbocycles. The molecule has 0 atom stereocenters. The van der Waals surface area contributed by atoms with Gasteiger partial charge < -0.3 is 14.7 Å². The standard InChI is InChI=1S/C13H22N4O2/c1-5-15(6-2)13(18)12-14-10-7-16(19)8-11(10)17(12)9(3)4/h9,19H,5-8H2,1-4H3. The van der Waals surface area contributed by atoms with Crippen LogP contribution in [0.1, 0.15) is 55.7 Å². The molecule has 2 heterocycles. The number of hydrogen-bond donors (Lipinski definition) is 1. The molecule has 1 aliphatic rings. The first-order valence-electron chi connectivity index (χ1n) is 6.82. The van der Waals surface area contributed by atoms with Gasteiger partial charge in [0.15, 0.2) is 5.82 Å².